The Morgan fingerprint density at radius 3 is 2.42 bits per heavy atom. The molecule has 9 nitrogen and oxygen atoms in total. The summed E-state index contributed by atoms with van der Waals surface area (Å²) in [6, 6.07) is 15.6. The minimum Gasteiger partial charge on any atom is -0.465 e. The molecule has 0 saturated heterocycles. The van der Waals surface area contributed by atoms with E-state index in [0.29, 0.717) is 11.5 Å². The van der Waals surface area contributed by atoms with Crippen LogP contribution in [-0.4, -0.2) is 46.8 Å². The first-order valence-electron chi connectivity index (χ1n) is 9.95. The largest absolute Gasteiger partial charge is 0.465 e. The van der Waals surface area contributed by atoms with Gasteiger partial charge >= 0.3 is 11.9 Å². The molecule has 0 aliphatic heterocycles. The van der Waals surface area contributed by atoms with Gasteiger partial charge in [-0.05, 0) is 43.3 Å². The normalized spacial score (nSPS) is 10.6. The molecule has 4 rings (SSSR count). The van der Waals surface area contributed by atoms with Crippen LogP contribution in [0, 0.1) is 6.92 Å². The fourth-order valence-corrected chi connectivity index (χ4v) is 3.41. The highest BCUT2D eigenvalue weighted by Crippen LogP contribution is 2.22. The van der Waals surface area contributed by atoms with E-state index in [2.05, 4.69) is 15.4 Å². The molecule has 1 amide bonds. The SMILES string of the molecule is COC(=O)c1ccc(C(=O)OC)c(NC(=O)c2cnn(-c3ccc4ccccc4n3)c2C)c1. The monoisotopic (exact) mass is 444 g/mol. The Hall–Kier alpha value is -4.53. The zero-order valence-corrected chi connectivity index (χ0v) is 18.2. The van der Waals surface area contributed by atoms with Gasteiger partial charge < -0.3 is 14.8 Å². The predicted molar refractivity (Wildman–Crippen MR) is 121 cm³/mol. The summed E-state index contributed by atoms with van der Waals surface area (Å²) in [6.07, 6.45) is 1.42. The number of pyridine rings is 1. The van der Waals surface area contributed by atoms with Crippen molar-refractivity contribution in [3.63, 3.8) is 0 Å². The lowest BCUT2D eigenvalue weighted by Crippen LogP contribution is -2.17. The van der Waals surface area contributed by atoms with Crippen molar-refractivity contribution in [3.8, 4) is 5.82 Å². The number of carbonyl (C=O) groups is 3. The summed E-state index contributed by atoms with van der Waals surface area (Å²) in [6.45, 7) is 1.74. The average molecular weight is 444 g/mol. The predicted octanol–water partition coefficient (Wildman–Crippen LogP) is 3.55. The zero-order valence-electron chi connectivity index (χ0n) is 18.2. The Bertz CT molecular complexity index is 1390. The van der Waals surface area contributed by atoms with Gasteiger partial charge in [-0.2, -0.15) is 5.10 Å². The van der Waals surface area contributed by atoms with Crippen LogP contribution in [0.15, 0.2) is 60.8 Å². The number of amides is 1. The number of rotatable bonds is 5. The van der Waals surface area contributed by atoms with Crippen LogP contribution in [-0.2, 0) is 9.47 Å². The summed E-state index contributed by atoms with van der Waals surface area (Å²) in [4.78, 5) is 41.7. The number of aromatic nitrogens is 3. The Morgan fingerprint density at radius 1 is 0.909 bits per heavy atom. The third kappa shape index (κ3) is 4.16. The van der Waals surface area contributed by atoms with Crippen molar-refractivity contribution in [1.82, 2.24) is 14.8 Å². The van der Waals surface area contributed by atoms with Gasteiger partial charge in [0.25, 0.3) is 5.91 Å². The second-order valence-corrected chi connectivity index (χ2v) is 7.12. The second-order valence-electron chi connectivity index (χ2n) is 7.12. The van der Waals surface area contributed by atoms with Crippen LogP contribution in [0.1, 0.15) is 36.8 Å². The van der Waals surface area contributed by atoms with Crippen molar-refractivity contribution in [2.24, 2.45) is 0 Å². The molecule has 33 heavy (non-hydrogen) atoms. The number of anilines is 1. The van der Waals surface area contributed by atoms with E-state index in [1.807, 2.05) is 36.4 Å². The fraction of sp³-hybridized carbons (Fsp3) is 0.125. The number of nitrogens with one attached hydrogen (secondary N) is 1. The topological polar surface area (TPSA) is 112 Å². The number of para-hydroxylation sites is 1. The van der Waals surface area contributed by atoms with Crippen molar-refractivity contribution in [1.29, 1.82) is 0 Å². The van der Waals surface area contributed by atoms with E-state index in [0.717, 1.165) is 10.9 Å². The van der Waals surface area contributed by atoms with E-state index in [9.17, 15) is 14.4 Å². The minimum absolute atomic E-state index is 0.0970. The van der Waals surface area contributed by atoms with Crippen LogP contribution in [0.2, 0.25) is 0 Å². The number of fused-ring (bicyclic) bond motifs is 1. The molecule has 2 heterocycles. The van der Waals surface area contributed by atoms with Gasteiger partial charge in [-0.25, -0.2) is 19.3 Å². The maximum Gasteiger partial charge on any atom is 0.339 e. The molecule has 4 aromatic rings. The Labute approximate surface area is 189 Å². The summed E-state index contributed by atoms with van der Waals surface area (Å²) >= 11 is 0. The van der Waals surface area contributed by atoms with Gasteiger partial charge in [0, 0.05) is 5.39 Å². The maximum atomic E-state index is 13.1. The summed E-state index contributed by atoms with van der Waals surface area (Å²) in [5.41, 5.74) is 2.03. The van der Waals surface area contributed by atoms with Crippen LogP contribution in [0.3, 0.4) is 0 Å². The third-order valence-corrected chi connectivity index (χ3v) is 5.15. The summed E-state index contributed by atoms with van der Waals surface area (Å²) < 4.78 is 11.1. The van der Waals surface area contributed by atoms with Crippen molar-refractivity contribution in [2.75, 3.05) is 19.5 Å². The molecule has 0 unspecified atom stereocenters. The molecule has 0 fully saturated rings. The number of ether oxygens (including phenoxy) is 2. The van der Waals surface area contributed by atoms with Gasteiger partial charge in [0.05, 0.1) is 54.0 Å². The first kappa shape index (κ1) is 21.7. The van der Waals surface area contributed by atoms with Crippen molar-refractivity contribution in [2.45, 2.75) is 6.92 Å². The molecular formula is C24H20N4O5. The van der Waals surface area contributed by atoms with Crippen molar-refractivity contribution in [3.05, 3.63) is 83.2 Å². The fourth-order valence-electron chi connectivity index (χ4n) is 3.41. The molecule has 0 aliphatic carbocycles. The quantitative estimate of drug-likeness (QED) is 0.468. The number of benzene rings is 2. The van der Waals surface area contributed by atoms with E-state index in [4.69, 9.17) is 9.47 Å². The summed E-state index contributed by atoms with van der Waals surface area (Å²) in [5, 5.41) is 7.98. The third-order valence-electron chi connectivity index (χ3n) is 5.15. The lowest BCUT2D eigenvalue weighted by molar-refractivity contribution is 0.0587. The van der Waals surface area contributed by atoms with Gasteiger partial charge in [-0.1, -0.05) is 18.2 Å². The van der Waals surface area contributed by atoms with Gasteiger partial charge in [0.2, 0.25) is 0 Å². The number of hydrogen-bond donors (Lipinski definition) is 1. The first-order valence-corrected chi connectivity index (χ1v) is 9.95. The first-order chi connectivity index (χ1) is 15.9. The van der Waals surface area contributed by atoms with E-state index in [1.165, 1.54) is 38.6 Å². The number of carbonyl (C=O) groups excluding carboxylic acids is 3. The van der Waals surface area contributed by atoms with Gasteiger partial charge in [0.15, 0.2) is 5.82 Å². The summed E-state index contributed by atoms with van der Waals surface area (Å²) in [7, 11) is 2.47. The molecule has 0 bridgehead atoms. The average Bonchev–Trinajstić information content (AvgIpc) is 3.24. The van der Waals surface area contributed by atoms with Crippen LogP contribution in [0.4, 0.5) is 5.69 Å². The van der Waals surface area contributed by atoms with E-state index in [1.54, 1.807) is 11.6 Å². The Kier molecular flexibility index (Phi) is 5.86. The molecule has 0 atom stereocenters. The molecule has 0 spiro atoms. The molecule has 9 heteroatoms. The van der Waals surface area contributed by atoms with E-state index < -0.39 is 17.8 Å². The van der Waals surface area contributed by atoms with E-state index >= 15 is 0 Å². The lowest BCUT2D eigenvalue weighted by atomic mass is 10.1. The molecular weight excluding hydrogens is 424 g/mol. The van der Waals surface area contributed by atoms with Crippen LogP contribution in [0.5, 0.6) is 0 Å². The van der Waals surface area contributed by atoms with Crippen LogP contribution >= 0.6 is 0 Å². The molecule has 166 valence electrons. The maximum absolute atomic E-state index is 13.1. The van der Waals surface area contributed by atoms with Gasteiger partial charge in [-0.3, -0.25) is 4.79 Å². The lowest BCUT2D eigenvalue weighted by Gasteiger charge is -2.11. The Balaban J connectivity index is 1.67. The molecule has 2 aromatic heterocycles. The van der Waals surface area contributed by atoms with Crippen LogP contribution in [0.25, 0.3) is 16.7 Å². The van der Waals surface area contributed by atoms with Crippen LogP contribution < -0.4 is 5.32 Å². The molecule has 0 aliphatic rings. The smallest absolute Gasteiger partial charge is 0.339 e. The highest BCUT2D eigenvalue weighted by atomic mass is 16.5. The second kappa shape index (κ2) is 8.91. The minimum atomic E-state index is -0.658. The number of hydrogen-bond acceptors (Lipinski definition) is 7. The van der Waals surface area contributed by atoms with Gasteiger partial charge in [0.1, 0.15) is 0 Å². The highest BCUT2D eigenvalue weighted by Gasteiger charge is 2.21. The van der Waals surface area contributed by atoms with Crippen molar-refractivity contribution < 1.29 is 23.9 Å². The number of esters is 2. The Morgan fingerprint density at radius 2 is 1.67 bits per heavy atom. The standard InChI is InChI=1S/C24H20N4O5/c1-14-18(13-25-28(14)21-11-9-15-6-4-5-7-19(15)26-21)22(29)27-20-12-16(23(30)32-2)8-10-17(20)24(31)33-3/h4-13H,1-3H3,(H,27,29). The highest BCUT2D eigenvalue weighted by molar-refractivity contribution is 6.09. The molecule has 0 saturated carbocycles. The number of methoxy groups -OCH3 is 2. The molecule has 2 aromatic carbocycles. The van der Waals surface area contributed by atoms with Crippen molar-refractivity contribution >= 4 is 34.4 Å². The zero-order chi connectivity index (χ0) is 23.5. The summed E-state index contributed by atoms with van der Waals surface area (Å²) in [5.74, 6) is -1.21. The number of nitrogens with zero attached hydrogens (tertiary/aromatic N) is 3. The molecule has 0 radical (unpaired) electrons. The molecule has 1 N–H and O–H groups in total. The van der Waals surface area contributed by atoms with E-state index in [-0.39, 0.29) is 22.4 Å². The van der Waals surface area contributed by atoms with Gasteiger partial charge in [-0.15, -0.1) is 0 Å².